The van der Waals surface area contributed by atoms with E-state index in [4.69, 9.17) is 4.74 Å². The van der Waals surface area contributed by atoms with Crippen molar-refractivity contribution >= 4 is 5.69 Å². The molecule has 3 heteroatoms. The van der Waals surface area contributed by atoms with Gasteiger partial charge in [0.1, 0.15) is 0 Å². The lowest BCUT2D eigenvalue weighted by atomic mass is 10.0. The maximum atomic E-state index is 5.29. The molecule has 0 saturated carbocycles. The molecule has 1 heterocycles. The van der Waals surface area contributed by atoms with E-state index < -0.39 is 0 Å². The Balaban J connectivity index is 2.19. The molecule has 1 atom stereocenters. The SMILES string of the molecule is CCc1ccc(C(CC)Nc2cccnc2OC)cc1. The van der Waals surface area contributed by atoms with Crippen molar-refractivity contribution in [1.82, 2.24) is 4.98 Å². The first-order valence-electron chi connectivity index (χ1n) is 7.12. The molecule has 0 radical (unpaired) electrons. The van der Waals surface area contributed by atoms with Gasteiger partial charge in [0.05, 0.1) is 18.8 Å². The van der Waals surface area contributed by atoms with E-state index in [-0.39, 0.29) is 6.04 Å². The van der Waals surface area contributed by atoms with Gasteiger partial charge in [-0.1, -0.05) is 38.1 Å². The fourth-order valence-electron chi connectivity index (χ4n) is 2.26. The van der Waals surface area contributed by atoms with Gasteiger partial charge in [0.25, 0.3) is 0 Å². The van der Waals surface area contributed by atoms with E-state index in [9.17, 15) is 0 Å². The Labute approximate surface area is 121 Å². The van der Waals surface area contributed by atoms with Gasteiger partial charge in [0, 0.05) is 6.20 Å². The Kier molecular flexibility index (Phi) is 4.99. The average molecular weight is 270 g/mol. The van der Waals surface area contributed by atoms with E-state index in [1.807, 2.05) is 12.1 Å². The molecular weight excluding hydrogens is 248 g/mol. The van der Waals surface area contributed by atoms with E-state index in [1.165, 1.54) is 11.1 Å². The second-order valence-corrected chi connectivity index (χ2v) is 4.76. The Morgan fingerprint density at radius 2 is 1.90 bits per heavy atom. The highest BCUT2D eigenvalue weighted by Gasteiger charge is 2.12. The van der Waals surface area contributed by atoms with Crippen LogP contribution in [0.5, 0.6) is 5.88 Å². The van der Waals surface area contributed by atoms with Crippen molar-refractivity contribution in [2.45, 2.75) is 32.7 Å². The summed E-state index contributed by atoms with van der Waals surface area (Å²) >= 11 is 0. The van der Waals surface area contributed by atoms with Crippen molar-refractivity contribution in [2.75, 3.05) is 12.4 Å². The molecule has 2 aromatic rings. The number of anilines is 1. The summed E-state index contributed by atoms with van der Waals surface area (Å²) in [5.41, 5.74) is 3.58. The molecule has 0 aliphatic rings. The van der Waals surface area contributed by atoms with Gasteiger partial charge in [0.2, 0.25) is 5.88 Å². The number of aryl methyl sites for hydroxylation is 1. The predicted molar refractivity (Wildman–Crippen MR) is 83.3 cm³/mol. The summed E-state index contributed by atoms with van der Waals surface area (Å²) in [6.07, 6.45) is 3.81. The molecule has 1 aromatic heterocycles. The van der Waals surface area contributed by atoms with Crippen LogP contribution < -0.4 is 10.1 Å². The second kappa shape index (κ2) is 6.94. The van der Waals surface area contributed by atoms with Crippen molar-refractivity contribution in [1.29, 1.82) is 0 Å². The molecule has 0 bridgehead atoms. The highest BCUT2D eigenvalue weighted by atomic mass is 16.5. The van der Waals surface area contributed by atoms with E-state index in [2.05, 4.69) is 48.4 Å². The van der Waals surface area contributed by atoms with Crippen molar-refractivity contribution in [3.05, 3.63) is 53.7 Å². The van der Waals surface area contributed by atoms with Crippen LogP contribution in [0.4, 0.5) is 5.69 Å². The number of methoxy groups -OCH3 is 1. The second-order valence-electron chi connectivity index (χ2n) is 4.76. The summed E-state index contributed by atoms with van der Waals surface area (Å²) in [7, 11) is 1.64. The zero-order chi connectivity index (χ0) is 14.4. The first-order valence-corrected chi connectivity index (χ1v) is 7.12. The fourth-order valence-corrected chi connectivity index (χ4v) is 2.26. The van der Waals surface area contributed by atoms with Gasteiger partial charge in [-0.3, -0.25) is 0 Å². The number of hydrogen-bond acceptors (Lipinski definition) is 3. The van der Waals surface area contributed by atoms with Crippen LogP contribution in [-0.4, -0.2) is 12.1 Å². The van der Waals surface area contributed by atoms with E-state index in [1.54, 1.807) is 13.3 Å². The van der Waals surface area contributed by atoms with Crippen molar-refractivity contribution in [3.8, 4) is 5.88 Å². The maximum absolute atomic E-state index is 5.29. The topological polar surface area (TPSA) is 34.2 Å². The summed E-state index contributed by atoms with van der Waals surface area (Å²) in [5.74, 6) is 0.635. The van der Waals surface area contributed by atoms with Crippen LogP contribution in [0, 0.1) is 0 Å². The monoisotopic (exact) mass is 270 g/mol. The number of hydrogen-bond donors (Lipinski definition) is 1. The van der Waals surface area contributed by atoms with Crippen LogP contribution in [0.1, 0.15) is 37.4 Å². The third-order valence-corrected chi connectivity index (χ3v) is 3.49. The van der Waals surface area contributed by atoms with Crippen LogP contribution in [0.3, 0.4) is 0 Å². The molecule has 3 nitrogen and oxygen atoms in total. The summed E-state index contributed by atoms with van der Waals surface area (Å²) < 4.78 is 5.29. The quantitative estimate of drug-likeness (QED) is 0.853. The Bertz CT molecular complexity index is 537. The van der Waals surface area contributed by atoms with Crippen LogP contribution >= 0.6 is 0 Å². The minimum absolute atomic E-state index is 0.263. The van der Waals surface area contributed by atoms with E-state index >= 15 is 0 Å². The Morgan fingerprint density at radius 1 is 1.15 bits per heavy atom. The van der Waals surface area contributed by atoms with Gasteiger partial charge in [-0.2, -0.15) is 0 Å². The van der Waals surface area contributed by atoms with Crippen LogP contribution in [0.25, 0.3) is 0 Å². The lowest BCUT2D eigenvalue weighted by molar-refractivity contribution is 0.399. The molecule has 106 valence electrons. The zero-order valence-electron chi connectivity index (χ0n) is 12.4. The average Bonchev–Trinajstić information content (AvgIpc) is 2.53. The molecule has 0 saturated heterocycles. The fraction of sp³-hybridized carbons (Fsp3) is 0.353. The van der Waals surface area contributed by atoms with Crippen LogP contribution in [0.2, 0.25) is 0 Å². The highest BCUT2D eigenvalue weighted by molar-refractivity contribution is 5.53. The standard InChI is InChI=1S/C17H22N2O/c1-4-13-8-10-14(11-9-13)15(5-2)19-16-7-6-12-18-17(16)20-3/h6-12,15,19H,4-5H2,1-3H3. The van der Waals surface area contributed by atoms with E-state index in [0.717, 1.165) is 18.5 Å². The number of pyridine rings is 1. The summed E-state index contributed by atoms with van der Waals surface area (Å²) in [5, 5.41) is 3.51. The number of rotatable bonds is 6. The first kappa shape index (κ1) is 14.4. The van der Waals surface area contributed by atoms with Gasteiger partial charge >= 0.3 is 0 Å². The minimum Gasteiger partial charge on any atom is -0.480 e. The minimum atomic E-state index is 0.263. The lowest BCUT2D eigenvalue weighted by Gasteiger charge is -2.20. The summed E-state index contributed by atoms with van der Waals surface area (Å²) in [6, 6.07) is 13.0. The normalized spacial score (nSPS) is 11.9. The third kappa shape index (κ3) is 3.29. The molecule has 0 spiro atoms. The van der Waals surface area contributed by atoms with Crippen molar-refractivity contribution in [2.24, 2.45) is 0 Å². The third-order valence-electron chi connectivity index (χ3n) is 3.49. The molecule has 20 heavy (non-hydrogen) atoms. The number of benzene rings is 1. The smallest absolute Gasteiger partial charge is 0.237 e. The van der Waals surface area contributed by atoms with Gasteiger partial charge < -0.3 is 10.1 Å². The van der Waals surface area contributed by atoms with Crippen LogP contribution in [-0.2, 0) is 6.42 Å². The van der Waals surface area contributed by atoms with Gasteiger partial charge in [-0.25, -0.2) is 4.98 Å². The first-order chi connectivity index (χ1) is 9.78. The Hall–Kier alpha value is -2.03. The lowest BCUT2D eigenvalue weighted by Crippen LogP contribution is -2.11. The Morgan fingerprint density at radius 3 is 2.50 bits per heavy atom. The molecule has 0 fully saturated rings. The van der Waals surface area contributed by atoms with Crippen molar-refractivity contribution < 1.29 is 4.74 Å². The van der Waals surface area contributed by atoms with E-state index in [0.29, 0.717) is 5.88 Å². The summed E-state index contributed by atoms with van der Waals surface area (Å²) in [4.78, 5) is 4.22. The summed E-state index contributed by atoms with van der Waals surface area (Å²) in [6.45, 7) is 4.35. The zero-order valence-corrected chi connectivity index (χ0v) is 12.4. The number of aromatic nitrogens is 1. The van der Waals surface area contributed by atoms with Gasteiger partial charge in [-0.15, -0.1) is 0 Å². The maximum Gasteiger partial charge on any atom is 0.237 e. The molecule has 0 aliphatic carbocycles. The number of nitrogens with one attached hydrogen (secondary N) is 1. The predicted octanol–water partition coefficient (Wildman–Crippen LogP) is 4.22. The highest BCUT2D eigenvalue weighted by Crippen LogP contribution is 2.27. The van der Waals surface area contributed by atoms with Crippen molar-refractivity contribution in [3.63, 3.8) is 0 Å². The molecule has 1 unspecified atom stereocenters. The van der Waals surface area contributed by atoms with Crippen LogP contribution in [0.15, 0.2) is 42.6 Å². The molecule has 1 aromatic carbocycles. The number of ether oxygens (including phenoxy) is 1. The molecule has 1 N–H and O–H groups in total. The van der Waals surface area contributed by atoms with Gasteiger partial charge in [-0.05, 0) is 36.1 Å². The molecule has 0 aliphatic heterocycles. The molecule has 0 amide bonds. The largest absolute Gasteiger partial charge is 0.480 e. The van der Waals surface area contributed by atoms with Gasteiger partial charge in [0.15, 0.2) is 0 Å². The number of nitrogens with zero attached hydrogens (tertiary/aromatic N) is 1. The molecule has 2 rings (SSSR count). The molecular formula is C17H22N2O.